The van der Waals surface area contributed by atoms with Crippen LogP contribution in [0.2, 0.25) is 0 Å². The van der Waals surface area contributed by atoms with Crippen LogP contribution >= 0.6 is 12.2 Å². The highest BCUT2D eigenvalue weighted by Gasteiger charge is 2.43. The highest BCUT2D eigenvalue weighted by molar-refractivity contribution is 7.80. The lowest BCUT2D eigenvalue weighted by Crippen LogP contribution is -2.58. The lowest BCUT2D eigenvalue weighted by atomic mass is 9.72. The Labute approximate surface area is 239 Å². The molecule has 6 rings (SSSR count). The summed E-state index contributed by atoms with van der Waals surface area (Å²) in [4.78, 5) is 7.39. The van der Waals surface area contributed by atoms with Gasteiger partial charge in [0.25, 0.3) is 0 Å². The third-order valence-electron chi connectivity index (χ3n) is 9.06. The van der Waals surface area contributed by atoms with E-state index in [4.69, 9.17) is 17.0 Å². The molecule has 0 saturated carbocycles. The van der Waals surface area contributed by atoms with E-state index in [-0.39, 0.29) is 6.04 Å². The number of nitrogens with zero attached hydrogens (tertiary/aromatic N) is 2. The molecule has 3 aliphatic heterocycles. The molecule has 3 fully saturated rings. The fourth-order valence-electron chi connectivity index (χ4n) is 6.90. The number of fused-ring (bicyclic) bond motifs is 4. The fourth-order valence-corrected chi connectivity index (χ4v) is 7.13. The molecule has 208 valence electrons. The van der Waals surface area contributed by atoms with E-state index in [1.807, 2.05) is 12.3 Å². The first-order chi connectivity index (χ1) is 18.8. The number of para-hydroxylation sites is 1. The molecular formula is C33H44N4OS. The van der Waals surface area contributed by atoms with Crippen molar-refractivity contribution in [1.29, 1.82) is 0 Å². The Morgan fingerprint density at radius 1 is 1.08 bits per heavy atom. The van der Waals surface area contributed by atoms with E-state index in [2.05, 4.69) is 91.5 Å². The number of methoxy groups -OCH3 is 1. The van der Waals surface area contributed by atoms with Crippen LogP contribution in [-0.4, -0.2) is 41.2 Å². The molecule has 1 aromatic heterocycles. The summed E-state index contributed by atoms with van der Waals surface area (Å²) in [5.74, 6) is 3.20. The van der Waals surface area contributed by atoms with Crippen molar-refractivity contribution in [3.05, 3.63) is 65.4 Å². The van der Waals surface area contributed by atoms with E-state index in [0.717, 1.165) is 40.7 Å². The lowest BCUT2D eigenvalue weighted by molar-refractivity contribution is -0.0132. The number of thiocarbonyl (C=S) groups is 1. The van der Waals surface area contributed by atoms with Crippen LogP contribution in [0.4, 0.5) is 5.69 Å². The first-order valence-corrected chi connectivity index (χ1v) is 15.1. The van der Waals surface area contributed by atoms with Gasteiger partial charge in [-0.15, -0.1) is 0 Å². The second-order valence-electron chi connectivity index (χ2n) is 12.0. The van der Waals surface area contributed by atoms with Gasteiger partial charge in [0.1, 0.15) is 5.75 Å². The minimum Gasteiger partial charge on any atom is -0.497 e. The molecule has 5 nitrogen and oxygen atoms in total. The number of aromatic nitrogens is 1. The molecule has 3 saturated heterocycles. The Balaban J connectivity index is 1.53. The smallest absolute Gasteiger partial charge is 0.171 e. The number of anilines is 1. The first-order valence-electron chi connectivity index (χ1n) is 14.7. The standard InChI is InChI=1S/C33H44N4OS/c1-7-22-19-37-16-14-23(22)17-30(37)32(27-13-15-34-29-12-11-24(38-6)18-28(27)29)36-33(39)35-31-25(20(2)3)9-8-10-26(31)21(4)5/h8-13,15,18,20-23,30,32H,7,14,16-17,19H2,1-6H3,(H2,35,36,39)/t22-,23-,30+,32-/m0/s1. The summed E-state index contributed by atoms with van der Waals surface area (Å²) in [5.41, 5.74) is 5.96. The minimum atomic E-state index is 0.0388. The van der Waals surface area contributed by atoms with Crippen LogP contribution < -0.4 is 15.4 Å². The second kappa shape index (κ2) is 11.8. The molecule has 3 aliphatic rings. The van der Waals surface area contributed by atoms with E-state index in [9.17, 15) is 0 Å². The van der Waals surface area contributed by atoms with Gasteiger partial charge in [-0.05, 0) is 96.2 Å². The Hall–Kier alpha value is -2.70. The van der Waals surface area contributed by atoms with Crippen molar-refractivity contribution < 1.29 is 4.74 Å². The number of piperidine rings is 3. The van der Waals surface area contributed by atoms with Gasteiger partial charge < -0.3 is 15.4 Å². The molecule has 2 N–H and O–H groups in total. The van der Waals surface area contributed by atoms with Gasteiger partial charge in [0, 0.05) is 29.9 Å². The zero-order chi connectivity index (χ0) is 27.7. The number of rotatable bonds is 8. The molecule has 3 aromatic rings. The van der Waals surface area contributed by atoms with E-state index in [1.165, 1.54) is 42.5 Å². The van der Waals surface area contributed by atoms with Crippen LogP contribution in [0.15, 0.2) is 48.7 Å². The average Bonchev–Trinajstić information content (AvgIpc) is 2.95. The van der Waals surface area contributed by atoms with Crippen LogP contribution in [-0.2, 0) is 0 Å². The molecule has 2 bridgehead atoms. The topological polar surface area (TPSA) is 49.4 Å². The number of pyridine rings is 1. The molecular weight excluding hydrogens is 500 g/mol. The van der Waals surface area contributed by atoms with Crippen LogP contribution in [0.1, 0.15) is 88.4 Å². The first kappa shape index (κ1) is 27.9. The summed E-state index contributed by atoms with van der Waals surface area (Å²) in [6, 6.07) is 15.4. The Morgan fingerprint density at radius 2 is 1.82 bits per heavy atom. The minimum absolute atomic E-state index is 0.0388. The number of hydrogen-bond acceptors (Lipinski definition) is 4. The molecule has 1 unspecified atom stereocenters. The lowest BCUT2D eigenvalue weighted by Gasteiger charge is -2.52. The average molecular weight is 545 g/mol. The van der Waals surface area contributed by atoms with Crippen molar-refractivity contribution in [2.45, 2.75) is 77.8 Å². The van der Waals surface area contributed by atoms with Gasteiger partial charge in [-0.3, -0.25) is 9.88 Å². The third kappa shape index (κ3) is 5.64. The molecule has 0 radical (unpaired) electrons. The maximum Gasteiger partial charge on any atom is 0.171 e. The summed E-state index contributed by atoms with van der Waals surface area (Å²) in [7, 11) is 1.72. The van der Waals surface area contributed by atoms with Gasteiger partial charge in [0.15, 0.2) is 5.11 Å². The van der Waals surface area contributed by atoms with Gasteiger partial charge in [-0.2, -0.15) is 0 Å². The van der Waals surface area contributed by atoms with Crippen LogP contribution in [0.5, 0.6) is 5.75 Å². The Morgan fingerprint density at radius 3 is 2.44 bits per heavy atom. The SMILES string of the molecule is CC[C@H]1CN2CC[C@H]1C[C@@H]2[C@@H](NC(=S)Nc1c(C(C)C)cccc1C(C)C)c1ccnc2ccc(OC)cc12. The van der Waals surface area contributed by atoms with E-state index >= 15 is 0 Å². The zero-order valence-corrected chi connectivity index (χ0v) is 25.1. The summed E-state index contributed by atoms with van der Waals surface area (Å²) >= 11 is 6.10. The van der Waals surface area contributed by atoms with Crippen LogP contribution in [0.3, 0.4) is 0 Å². The van der Waals surface area contributed by atoms with Crippen molar-refractivity contribution in [2.24, 2.45) is 11.8 Å². The Bertz CT molecular complexity index is 1300. The van der Waals surface area contributed by atoms with E-state index < -0.39 is 0 Å². The van der Waals surface area contributed by atoms with Crippen LogP contribution in [0, 0.1) is 11.8 Å². The molecule has 0 aliphatic carbocycles. The number of ether oxygens (including phenoxy) is 1. The van der Waals surface area contributed by atoms with Crippen molar-refractivity contribution in [3.8, 4) is 5.75 Å². The zero-order valence-electron chi connectivity index (χ0n) is 24.3. The van der Waals surface area contributed by atoms with Gasteiger partial charge in [-0.25, -0.2) is 0 Å². The van der Waals surface area contributed by atoms with Crippen molar-refractivity contribution >= 4 is 33.9 Å². The van der Waals surface area contributed by atoms with Gasteiger partial charge in [0.05, 0.1) is 18.7 Å². The predicted octanol–water partition coefficient (Wildman–Crippen LogP) is 7.64. The highest BCUT2D eigenvalue weighted by Crippen LogP contribution is 2.43. The molecule has 0 spiro atoms. The van der Waals surface area contributed by atoms with Gasteiger partial charge in [0.2, 0.25) is 0 Å². The fraction of sp³-hybridized carbons (Fsp3) is 0.515. The van der Waals surface area contributed by atoms with E-state index in [0.29, 0.717) is 23.0 Å². The van der Waals surface area contributed by atoms with Crippen LogP contribution in [0.25, 0.3) is 10.9 Å². The monoisotopic (exact) mass is 544 g/mol. The van der Waals surface area contributed by atoms with E-state index in [1.54, 1.807) is 7.11 Å². The third-order valence-corrected chi connectivity index (χ3v) is 9.28. The van der Waals surface area contributed by atoms with Gasteiger partial charge >= 0.3 is 0 Å². The largest absolute Gasteiger partial charge is 0.497 e. The van der Waals surface area contributed by atoms with Gasteiger partial charge in [-0.1, -0.05) is 59.2 Å². The predicted molar refractivity (Wildman–Crippen MR) is 167 cm³/mol. The quantitative estimate of drug-likeness (QED) is 0.284. The van der Waals surface area contributed by atoms with Crippen molar-refractivity contribution in [3.63, 3.8) is 0 Å². The van der Waals surface area contributed by atoms with Crippen molar-refractivity contribution in [1.82, 2.24) is 15.2 Å². The highest BCUT2D eigenvalue weighted by atomic mass is 32.1. The normalized spacial score (nSPS) is 23.3. The molecule has 4 heterocycles. The summed E-state index contributed by atoms with van der Waals surface area (Å²) < 4.78 is 5.61. The number of nitrogens with one attached hydrogen (secondary N) is 2. The molecule has 5 atom stereocenters. The maximum atomic E-state index is 6.10. The summed E-state index contributed by atoms with van der Waals surface area (Å²) in [6.45, 7) is 13.7. The molecule has 0 amide bonds. The molecule has 6 heteroatoms. The summed E-state index contributed by atoms with van der Waals surface area (Å²) in [6.07, 6.45) is 5.68. The Kier molecular flexibility index (Phi) is 8.43. The number of hydrogen-bond donors (Lipinski definition) is 2. The second-order valence-corrected chi connectivity index (χ2v) is 12.4. The molecule has 39 heavy (non-hydrogen) atoms. The summed E-state index contributed by atoms with van der Waals surface area (Å²) in [5, 5.41) is 9.32. The number of benzene rings is 2. The molecule has 2 aromatic carbocycles. The maximum absolute atomic E-state index is 6.10. The van der Waals surface area contributed by atoms with Crippen molar-refractivity contribution in [2.75, 3.05) is 25.5 Å².